The Kier molecular flexibility index (Phi) is 2.36. The van der Waals surface area contributed by atoms with E-state index < -0.39 is 14.0 Å². The molecule has 16 heavy (non-hydrogen) atoms. The number of fused-ring (bicyclic) bond motifs is 1. The van der Waals surface area contributed by atoms with Gasteiger partial charge < -0.3 is 4.98 Å². The predicted octanol–water partition coefficient (Wildman–Crippen LogP) is 2.00. The van der Waals surface area contributed by atoms with Crippen LogP contribution in [0.1, 0.15) is 0 Å². The van der Waals surface area contributed by atoms with Gasteiger partial charge in [-0.3, -0.25) is 10.1 Å². The Labute approximate surface area is 94.4 Å². The maximum atomic E-state index is 11.1. The Morgan fingerprint density at radius 1 is 1.38 bits per heavy atom. The second-order valence-corrected chi connectivity index (χ2v) is 5.61. The van der Waals surface area contributed by atoms with Gasteiger partial charge in [0.15, 0.2) is 0 Å². The molecule has 0 spiro atoms. The van der Waals surface area contributed by atoms with Crippen LogP contribution in [0.25, 0.3) is 10.9 Å². The van der Waals surface area contributed by atoms with Gasteiger partial charge in [0.2, 0.25) is 0 Å². The highest BCUT2D eigenvalue weighted by Crippen LogP contribution is 2.28. The highest BCUT2D eigenvalue weighted by molar-refractivity contribution is 8.14. The molecule has 84 valence electrons. The number of hydrogen-bond donors (Lipinski definition) is 1. The van der Waals surface area contributed by atoms with Gasteiger partial charge in [-0.15, -0.1) is 0 Å². The first-order valence-electron chi connectivity index (χ1n) is 4.10. The first-order chi connectivity index (χ1) is 7.39. The fourth-order valence-electron chi connectivity index (χ4n) is 1.40. The highest BCUT2D eigenvalue weighted by atomic mass is 35.7. The average Bonchev–Trinajstić information content (AvgIpc) is 2.58. The van der Waals surface area contributed by atoms with E-state index in [-0.39, 0.29) is 10.6 Å². The smallest absolute Gasteiger partial charge is 0.271 e. The van der Waals surface area contributed by atoms with Crippen LogP contribution in [0.4, 0.5) is 5.69 Å². The third-order valence-electron chi connectivity index (χ3n) is 2.10. The molecule has 0 aliphatic carbocycles. The Morgan fingerprint density at radius 2 is 2.06 bits per heavy atom. The molecule has 0 aliphatic rings. The topological polar surface area (TPSA) is 93.1 Å². The second kappa shape index (κ2) is 3.46. The van der Waals surface area contributed by atoms with Crippen molar-refractivity contribution in [1.29, 1.82) is 0 Å². The third-order valence-corrected chi connectivity index (χ3v) is 3.46. The first-order valence-corrected chi connectivity index (χ1v) is 6.41. The van der Waals surface area contributed by atoms with Crippen molar-refractivity contribution in [2.75, 3.05) is 0 Å². The number of nitro benzene ring substituents is 1. The Balaban J connectivity index is 2.73. The molecule has 8 heteroatoms. The van der Waals surface area contributed by atoms with Gasteiger partial charge in [-0.05, 0) is 6.07 Å². The maximum Gasteiger partial charge on any atom is 0.271 e. The minimum Gasteiger partial charge on any atom is -0.360 e. The molecule has 0 fully saturated rings. The number of aromatic nitrogens is 1. The molecule has 0 radical (unpaired) electrons. The summed E-state index contributed by atoms with van der Waals surface area (Å²) in [6.07, 6.45) is 1.21. The number of aromatic amines is 1. The first kappa shape index (κ1) is 10.9. The molecule has 1 N–H and O–H groups in total. The average molecular weight is 261 g/mol. The lowest BCUT2D eigenvalue weighted by atomic mass is 10.2. The van der Waals surface area contributed by atoms with Gasteiger partial charge in [-0.1, -0.05) is 0 Å². The van der Waals surface area contributed by atoms with Crippen LogP contribution in [-0.2, 0) is 9.05 Å². The van der Waals surface area contributed by atoms with Crippen LogP contribution in [0.2, 0.25) is 0 Å². The van der Waals surface area contributed by atoms with Crippen LogP contribution >= 0.6 is 10.7 Å². The van der Waals surface area contributed by atoms with Gasteiger partial charge in [0.25, 0.3) is 14.7 Å². The summed E-state index contributed by atoms with van der Waals surface area (Å²) in [7, 11) is 1.35. The van der Waals surface area contributed by atoms with Crippen molar-refractivity contribution in [3.63, 3.8) is 0 Å². The van der Waals surface area contributed by atoms with Crippen molar-refractivity contribution in [1.82, 2.24) is 4.98 Å². The molecule has 0 bridgehead atoms. The second-order valence-electron chi connectivity index (χ2n) is 3.08. The summed E-state index contributed by atoms with van der Waals surface area (Å²) in [4.78, 5) is 12.5. The van der Waals surface area contributed by atoms with Gasteiger partial charge in [-0.25, -0.2) is 8.42 Å². The zero-order valence-electron chi connectivity index (χ0n) is 7.68. The standard InChI is InChI=1S/C8H5ClN2O4S/c9-16(14,15)8-4-10-7-3-5(11(12)13)1-2-6(7)8/h1-4,10H. The van der Waals surface area contributed by atoms with Crippen molar-refractivity contribution < 1.29 is 13.3 Å². The SMILES string of the molecule is O=[N+]([O-])c1ccc2c(S(=O)(=O)Cl)c[nH]c2c1. The fourth-order valence-corrected chi connectivity index (χ4v) is 2.43. The number of benzene rings is 1. The summed E-state index contributed by atoms with van der Waals surface area (Å²) < 4.78 is 22.3. The molecular formula is C8H5ClN2O4S. The van der Waals surface area contributed by atoms with E-state index >= 15 is 0 Å². The summed E-state index contributed by atoms with van der Waals surface area (Å²) in [6, 6.07) is 3.82. The Hall–Kier alpha value is -1.60. The van der Waals surface area contributed by atoms with Gasteiger partial charge in [0, 0.05) is 34.4 Å². The lowest BCUT2D eigenvalue weighted by Gasteiger charge is -1.94. The minimum absolute atomic E-state index is 0.0842. The van der Waals surface area contributed by atoms with Crippen molar-refractivity contribution in [2.24, 2.45) is 0 Å². The lowest BCUT2D eigenvalue weighted by Crippen LogP contribution is -1.89. The summed E-state index contributed by atoms with van der Waals surface area (Å²) in [6.45, 7) is 0. The number of non-ortho nitro benzene ring substituents is 1. The normalized spacial score (nSPS) is 11.8. The number of hydrogen-bond acceptors (Lipinski definition) is 4. The zero-order valence-corrected chi connectivity index (χ0v) is 9.25. The van der Waals surface area contributed by atoms with E-state index in [1.807, 2.05) is 0 Å². The number of H-pyrrole nitrogens is 1. The molecule has 0 amide bonds. The molecule has 6 nitrogen and oxygen atoms in total. The summed E-state index contributed by atoms with van der Waals surface area (Å²) >= 11 is 0. The quantitative estimate of drug-likeness (QED) is 0.508. The molecule has 2 rings (SSSR count). The van der Waals surface area contributed by atoms with Crippen molar-refractivity contribution >= 4 is 36.3 Å². The summed E-state index contributed by atoms with van der Waals surface area (Å²) in [5.74, 6) is 0. The van der Waals surface area contributed by atoms with Gasteiger partial charge >= 0.3 is 0 Å². The van der Waals surface area contributed by atoms with Crippen molar-refractivity contribution in [3.05, 3.63) is 34.5 Å². The number of nitrogens with zero attached hydrogens (tertiary/aromatic N) is 1. The molecule has 2 aromatic rings. The van der Waals surface area contributed by atoms with E-state index in [9.17, 15) is 18.5 Å². The van der Waals surface area contributed by atoms with Crippen molar-refractivity contribution in [3.8, 4) is 0 Å². The molecule has 1 heterocycles. The van der Waals surface area contributed by atoms with Crippen LogP contribution in [0.3, 0.4) is 0 Å². The van der Waals surface area contributed by atoms with Crippen LogP contribution in [0.15, 0.2) is 29.3 Å². The number of rotatable bonds is 2. The van der Waals surface area contributed by atoms with E-state index in [0.29, 0.717) is 10.9 Å². The van der Waals surface area contributed by atoms with Crippen LogP contribution in [0, 0.1) is 10.1 Å². The number of nitro groups is 1. The molecular weight excluding hydrogens is 256 g/mol. The third kappa shape index (κ3) is 1.74. The summed E-state index contributed by atoms with van der Waals surface area (Å²) in [5.41, 5.74) is 0.237. The highest BCUT2D eigenvalue weighted by Gasteiger charge is 2.17. The fraction of sp³-hybridized carbons (Fsp3) is 0. The lowest BCUT2D eigenvalue weighted by molar-refractivity contribution is -0.384. The monoisotopic (exact) mass is 260 g/mol. The van der Waals surface area contributed by atoms with Crippen molar-refractivity contribution in [2.45, 2.75) is 4.90 Å². The van der Waals surface area contributed by atoms with Gasteiger partial charge in [0.05, 0.1) is 10.4 Å². The molecule has 1 aromatic carbocycles. The number of nitrogens with one attached hydrogen (secondary N) is 1. The largest absolute Gasteiger partial charge is 0.360 e. The van der Waals surface area contributed by atoms with E-state index in [2.05, 4.69) is 4.98 Å². The molecule has 0 aliphatic heterocycles. The number of halogens is 1. The zero-order chi connectivity index (χ0) is 11.9. The molecule has 0 unspecified atom stereocenters. The van der Waals surface area contributed by atoms with Gasteiger partial charge in [-0.2, -0.15) is 0 Å². The van der Waals surface area contributed by atoms with E-state index in [1.54, 1.807) is 0 Å². The molecule has 0 atom stereocenters. The van der Waals surface area contributed by atoms with E-state index in [1.165, 1.54) is 24.4 Å². The van der Waals surface area contributed by atoms with Crippen LogP contribution < -0.4 is 0 Å². The summed E-state index contributed by atoms with van der Waals surface area (Å²) in [5, 5.41) is 10.8. The maximum absolute atomic E-state index is 11.1. The predicted molar refractivity (Wildman–Crippen MR) is 58.0 cm³/mol. The minimum atomic E-state index is -3.85. The molecule has 0 saturated heterocycles. The van der Waals surface area contributed by atoms with Gasteiger partial charge in [0.1, 0.15) is 4.90 Å². The Morgan fingerprint density at radius 3 is 2.62 bits per heavy atom. The van der Waals surface area contributed by atoms with E-state index in [0.717, 1.165) is 0 Å². The molecule has 0 saturated carbocycles. The van der Waals surface area contributed by atoms with E-state index in [4.69, 9.17) is 10.7 Å². The Bertz CT molecular complexity index is 676. The molecule has 1 aromatic heterocycles. The van der Waals surface area contributed by atoms with Crippen LogP contribution in [0.5, 0.6) is 0 Å². The van der Waals surface area contributed by atoms with Crippen LogP contribution in [-0.4, -0.2) is 18.3 Å².